The summed E-state index contributed by atoms with van der Waals surface area (Å²) in [5.74, 6) is 0.380. The van der Waals surface area contributed by atoms with Gasteiger partial charge in [-0.1, -0.05) is 38.1 Å². The Balaban J connectivity index is 2.68. The Morgan fingerprint density at radius 1 is 1.28 bits per heavy atom. The van der Waals surface area contributed by atoms with Gasteiger partial charge in [0.1, 0.15) is 0 Å². The summed E-state index contributed by atoms with van der Waals surface area (Å²) >= 11 is 0. The van der Waals surface area contributed by atoms with E-state index in [-0.39, 0.29) is 11.8 Å². The van der Waals surface area contributed by atoms with E-state index < -0.39 is 0 Å². The van der Waals surface area contributed by atoms with Crippen molar-refractivity contribution in [3.63, 3.8) is 0 Å². The highest BCUT2D eigenvalue weighted by Gasteiger charge is 2.18. The average Bonchev–Trinajstić information content (AvgIpc) is 2.40. The van der Waals surface area contributed by atoms with Crippen molar-refractivity contribution in [3.8, 4) is 0 Å². The molecule has 0 aromatic heterocycles. The van der Waals surface area contributed by atoms with Gasteiger partial charge in [0, 0.05) is 26.1 Å². The quantitative estimate of drug-likeness (QED) is 0.841. The van der Waals surface area contributed by atoms with E-state index in [2.05, 4.69) is 19.9 Å². The largest absolute Gasteiger partial charge is 0.341 e. The lowest BCUT2D eigenvalue weighted by Gasteiger charge is -2.22. The van der Waals surface area contributed by atoms with Crippen molar-refractivity contribution in [2.24, 2.45) is 11.7 Å². The number of benzene rings is 1. The molecule has 100 valence electrons. The molecule has 3 heteroatoms. The fourth-order valence-corrected chi connectivity index (χ4v) is 2.16. The van der Waals surface area contributed by atoms with Crippen molar-refractivity contribution in [1.82, 2.24) is 4.90 Å². The predicted octanol–water partition coefficient (Wildman–Crippen LogP) is 2.54. The Bertz CT molecular complexity index is 386. The van der Waals surface area contributed by atoms with Crippen LogP contribution in [-0.2, 0) is 17.9 Å². The molecule has 0 aliphatic heterocycles. The third-order valence-electron chi connectivity index (χ3n) is 3.36. The highest BCUT2D eigenvalue weighted by Crippen LogP contribution is 2.14. The van der Waals surface area contributed by atoms with Crippen molar-refractivity contribution in [2.45, 2.75) is 39.8 Å². The number of amides is 1. The number of hydrogen-bond acceptors (Lipinski definition) is 2. The molecule has 0 unspecified atom stereocenters. The van der Waals surface area contributed by atoms with Crippen molar-refractivity contribution in [3.05, 3.63) is 35.4 Å². The molecular weight excluding hydrogens is 224 g/mol. The summed E-state index contributed by atoms with van der Waals surface area (Å²) in [7, 11) is 1.87. The van der Waals surface area contributed by atoms with Gasteiger partial charge in [-0.25, -0.2) is 0 Å². The van der Waals surface area contributed by atoms with Gasteiger partial charge in [0.05, 0.1) is 0 Å². The first kappa shape index (κ1) is 14.7. The monoisotopic (exact) mass is 248 g/mol. The molecule has 0 fully saturated rings. The van der Waals surface area contributed by atoms with E-state index >= 15 is 0 Å². The maximum atomic E-state index is 12.2. The second-order valence-electron chi connectivity index (χ2n) is 4.73. The fraction of sp³-hybridized carbons (Fsp3) is 0.533. The molecule has 18 heavy (non-hydrogen) atoms. The maximum Gasteiger partial charge on any atom is 0.225 e. The molecule has 0 bridgehead atoms. The molecule has 1 aromatic rings. The molecule has 0 saturated heterocycles. The van der Waals surface area contributed by atoms with Gasteiger partial charge in [-0.2, -0.15) is 0 Å². The van der Waals surface area contributed by atoms with Gasteiger partial charge in [0.25, 0.3) is 0 Å². The Morgan fingerprint density at radius 2 is 1.89 bits per heavy atom. The SMILES string of the molecule is CCC(CC)C(=O)N(C)Cc1cccc(CN)c1. The molecule has 0 aliphatic rings. The number of carbonyl (C=O) groups excluding carboxylic acids is 1. The summed E-state index contributed by atoms with van der Waals surface area (Å²) in [6.07, 6.45) is 1.81. The van der Waals surface area contributed by atoms with Gasteiger partial charge in [-0.05, 0) is 24.0 Å². The van der Waals surface area contributed by atoms with Crippen molar-refractivity contribution in [2.75, 3.05) is 7.05 Å². The lowest BCUT2D eigenvalue weighted by molar-refractivity contribution is -0.134. The highest BCUT2D eigenvalue weighted by molar-refractivity contribution is 5.78. The van der Waals surface area contributed by atoms with Gasteiger partial charge in [-0.3, -0.25) is 4.79 Å². The molecule has 1 rings (SSSR count). The molecule has 0 radical (unpaired) electrons. The Hall–Kier alpha value is -1.35. The Kier molecular flexibility index (Phi) is 5.86. The van der Waals surface area contributed by atoms with E-state index in [4.69, 9.17) is 5.73 Å². The number of nitrogens with zero attached hydrogens (tertiary/aromatic N) is 1. The minimum absolute atomic E-state index is 0.146. The standard InChI is InChI=1S/C15H24N2O/c1-4-14(5-2)15(18)17(3)11-13-8-6-7-12(9-13)10-16/h6-9,14H,4-5,10-11,16H2,1-3H3. The lowest BCUT2D eigenvalue weighted by Crippen LogP contribution is -2.32. The number of carbonyl (C=O) groups is 1. The van der Waals surface area contributed by atoms with Crippen LogP contribution in [-0.4, -0.2) is 17.9 Å². The summed E-state index contributed by atoms with van der Waals surface area (Å²) in [6.45, 7) is 5.32. The van der Waals surface area contributed by atoms with E-state index in [1.165, 1.54) is 0 Å². The van der Waals surface area contributed by atoms with Gasteiger partial charge < -0.3 is 10.6 Å². The second-order valence-corrected chi connectivity index (χ2v) is 4.73. The van der Waals surface area contributed by atoms with Crippen molar-refractivity contribution in [1.29, 1.82) is 0 Å². The number of rotatable bonds is 6. The first-order chi connectivity index (χ1) is 8.62. The molecule has 0 heterocycles. The molecule has 0 atom stereocenters. The van der Waals surface area contributed by atoms with Crippen LogP contribution in [0.5, 0.6) is 0 Å². The minimum Gasteiger partial charge on any atom is -0.341 e. The van der Waals surface area contributed by atoms with E-state index in [1.807, 2.05) is 30.1 Å². The topological polar surface area (TPSA) is 46.3 Å². The number of hydrogen-bond donors (Lipinski definition) is 1. The summed E-state index contributed by atoms with van der Waals surface area (Å²) in [5.41, 5.74) is 7.87. The van der Waals surface area contributed by atoms with E-state index in [1.54, 1.807) is 0 Å². The summed E-state index contributed by atoms with van der Waals surface area (Å²) in [6, 6.07) is 8.10. The zero-order chi connectivity index (χ0) is 13.5. The van der Waals surface area contributed by atoms with Crippen LogP contribution in [0.25, 0.3) is 0 Å². The second kappa shape index (κ2) is 7.17. The molecule has 2 N–H and O–H groups in total. The van der Waals surface area contributed by atoms with Crippen LogP contribution in [0.4, 0.5) is 0 Å². The van der Waals surface area contributed by atoms with Gasteiger partial charge in [0.2, 0.25) is 5.91 Å². The van der Waals surface area contributed by atoms with Crippen LogP contribution in [0.1, 0.15) is 37.8 Å². The van der Waals surface area contributed by atoms with E-state index in [9.17, 15) is 4.79 Å². The van der Waals surface area contributed by atoms with Crippen LogP contribution in [0, 0.1) is 5.92 Å². The van der Waals surface area contributed by atoms with Gasteiger partial charge >= 0.3 is 0 Å². The maximum absolute atomic E-state index is 12.2. The van der Waals surface area contributed by atoms with Gasteiger partial charge in [-0.15, -0.1) is 0 Å². The highest BCUT2D eigenvalue weighted by atomic mass is 16.2. The Labute approximate surface area is 110 Å². The van der Waals surface area contributed by atoms with Crippen LogP contribution in [0.3, 0.4) is 0 Å². The first-order valence-electron chi connectivity index (χ1n) is 6.65. The normalized spacial score (nSPS) is 10.7. The summed E-state index contributed by atoms with van der Waals surface area (Å²) in [4.78, 5) is 14.0. The first-order valence-corrected chi connectivity index (χ1v) is 6.65. The molecule has 1 aromatic carbocycles. The molecule has 3 nitrogen and oxygen atoms in total. The molecule has 0 spiro atoms. The van der Waals surface area contributed by atoms with E-state index in [0.29, 0.717) is 13.1 Å². The molecule has 1 amide bonds. The molecule has 0 aliphatic carbocycles. The van der Waals surface area contributed by atoms with Crippen LogP contribution < -0.4 is 5.73 Å². The zero-order valence-electron chi connectivity index (χ0n) is 11.6. The van der Waals surface area contributed by atoms with Crippen LogP contribution >= 0.6 is 0 Å². The summed E-state index contributed by atoms with van der Waals surface area (Å²) < 4.78 is 0. The molecular formula is C15H24N2O. The lowest BCUT2D eigenvalue weighted by atomic mass is 10.0. The van der Waals surface area contributed by atoms with Gasteiger partial charge in [0.15, 0.2) is 0 Å². The predicted molar refractivity (Wildman–Crippen MR) is 74.9 cm³/mol. The van der Waals surface area contributed by atoms with Crippen LogP contribution in [0.15, 0.2) is 24.3 Å². The Morgan fingerprint density at radius 3 is 2.44 bits per heavy atom. The fourth-order valence-electron chi connectivity index (χ4n) is 2.16. The third-order valence-corrected chi connectivity index (χ3v) is 3.36. The average molecular weight is 248 g/mol. The van der Waals surface area contributed by atoms with Crippen molar-refractivity contribution >= 4 is 5.91 Å². The zero-order valence-corrected chi connectivity index (χ0v) is 11.6. The van der Waals surface area contributed by atoms with Crippen molar-refractivity contribution < 1.29 is 4.79 Å². The summed E-state index contributed by atoms with van der Waals surface area (Å²) in [5, 5.41) is 0. The van der Waals surface area contributed by atoms with Crippen LogP contribution in [0.2, 0.25) is 0 Å². The minimum atomic E-state index is 0.146. The smallest absolute Gasteiger partial charge is 0.225 e. The van der Waals surface area contributed by atoms with E-state index in [0.717, 1.165) is 24.0 Å². The third kappa shape index (κ3) is 3.84. The molecule has 0 saturated carbocycles. The number of nitrogens with two attached hydrogens (primary N) is 1.